The Morgan fingerprint density at radius 2 is 1.88 bits per heavy atom. The van der Waals surface area contributed by atoms with Crippen LogP contribution in [0.25, 0.3) is 0 Å². The number of carbonyl (C=O) groups excluding carboxylic acids is 1. The van der Waals surface area contributed by atoms with Gasteiger partial charge in [-0.05, 0) is 55.5 Å². The average molecular weight is 389 g/mol. The van der Waals surface area contributed by atoms with E-state index in [4.69, 9.17) is 37.4 Å². The molecule has 1 rings (SSSR count). The smallest absolute Gasteiger partial charge is 0.125 e. The standard InChI is InChI=1S/C19H26Cl2O4/c1-3-16-14-17(24-12-7-18(20)21)13-15(2)19(16)25-11-5-4-9-23-10-6-8-22/h7-8,13-14H,3-6,9-12H2,1-2H3. The fourth-order valence-corrected chi connectivity index (χ4v) is 2.40. The van der Waals surface area contributed by atoms with E-state index in [1.807, 2.05) is 19.1 Å². The molecule has 0 unspecified atom stereocenters. The summed E-state index contributed by atoms with van der Waals surface area (Å²) in [5.41, 5.74) is 2.15. The number of halogens is 2. The van der Waals surface area contributed by atoms with E-state index in [1.165, 1.54) is 0 Å². The molecule has 0 spiro atoms. The van der Waals surface area contributed by atoms with Gasteiger partial charge in [0.2, 0.25) is 0 Å². The van der Waals surface area contributed by atoms with Gasteiger partial charge in [-0.1, -0.05) is 30.1 Å². The van der Waals surface area contributed by atoms with Crippen LogP contribution < -0.4 is 9.47 Å². The van der Waals surface area contributed by atoms with Gasteiger partial charge in [0.15, 0.2) is 0 Å². The van der Waals surface area contributed by atoms with Crippen LogP contribution in [-0.4, -0.2) is 32.7 Å². The molecule has 0 aliphatic heterocycles. The van der Waals surface area contributed by atoms with Crippen molar-refractivity contribution >= 4 is 29.5 Å². The van der Waals surface area contributed by atoms with Crippen LogP contribution in [0.2, 0.25) is 0 Å². The Labute approximate surface area is 160 Å². The van der Waals surface area contributed by atoms with E-state index in [0.29, 0.717) is 32.8 Å². The van der Waals surface area contributed by atoms with Crippen molar-refractivity contribution in [2.75, 3.05) is 26.4 Å². The Morgan fingerprint density at radius 1 is 1.12 bits per heavy atom. The van der Waals surface area contributed by atoms with Crippen molar-refractivity contribution in [3.05, 3.63) is 33.8 Å². The highest BCUT2D eigenvalue weighted by Gasteiger charge is 2.09. The third-order valence-electron chi connectivity index (χ3n) is 3.50. The topological polar surface area (TPSA) is 44.8 Å². The summed E-state index contributed by atoms with van der Waals surface area (Å²) in [6, 6.07) is 3.94. The molecule has 0 bridgehead atoms. The summed E-state index contributed by atoms with van der Waals surface area (Å²) in [5, 5.41) is 0. The highest BCUT2D eigenvalue weighted by atomic mass is 35.5. The lowest BCUT2D eigenvalue weighted by Crippen LogP contribution is -2.05. The normalized spacial score (nSPS) is 10.4. The summed E-state index contributed by atoms with van der Waals surface area (Å²) in [6.07, 6.45) is 5.59. The van der Waals surface area contributed by atoms with Crippen LogP contribution in [0.5, 0.6) is 11.5 Å². The Morgan fingerprint density at radius 3 is 2.56 bits per heavy atom. The zero-order valence-electron chi connectivity index (χ0n) is 14.9. The highest BCUT2D eigenvalue weighted by Crippen LogP contribution is 2.30. The van der Waals surface area contributed by atoms with Crippen LogP contribution in [0.1, 0.15) is 37.3 Å². The van der Waals surface area contributed by atoms with Crippen molar-refractivity contribution in [2.45, 2.75) is 39.5 Å². The molecule has 0 N–H and O–H groups in total. The molecule has 0 heterocycles. The number of hydrogen-bond acceptors (Lipinski definition) is 4. The molecule has 1 aromatic carbocycles. The van der Waals surface area contributed by atoms with Gasteiger partial charge in [-0.15, -0.1) is 0 Å². The third-order valence-corrected chi connectivity index (χ3v) is 3.81. The predicted octanol–water partition coefficient (Wildman–Crippen LogP) is 5.02. The van der Waals surface area contributed by atoms with E-state index < -0.39 is 0 Å². The summed E-state index contributed by atoms with van der Waals surface area (Å²) in [7, 11) is 0. The molecule has 0 amide bonds. The van der Waals surface area contributed by atoms with Gasteiger partial charge in [0.05, 0.1) is 13.2 Å². The number of rotatable bonds is 13. The van der Waals surface area contributed by atoms with Crippen LogP contribution in [0.15, 0.2) is 22.7 Å². The minimum absolute atomic E-state index is 0.197. The second-order valence-electron chi connectivity index (χ2n) is 5.51. The quantitative estimate of drug-likeness (QED) is 0.351. The number of ether oxygens (including phenoxy) is 3. The van der Waals surface area contributed by atoms with Crippen molar-refractivity contribution in [1.82, 2.24) is 0 Å². The lowest BCUT2D eigenvalue weighted by atomic mass is 10.1. The largest absolute Gasteiger partial charge is 0.493 e. The second kappa shape index (κ2) is 13.0. The maximum atomic E-state index is 10.2. The van der Waals surface area contributed by atoms with Gasteiger partial charge in [-0.25, -0.2) is 0 Å². The molecule has 0 radical (unpaired) electrons. The SMILES string of the molecule is CCc1cc(OCC=C(Cl)Cl)cc(C)c1OCCCCOCCC=O. The molecule has 0 atom stereocenters. The zero-order chi connectivity index (χ0) is 18.5. The average Bonchev–Trinajstić information content (AvgIpc) is 2.58. The molecule has 140 valence electrons. The van der Waals surface area contributed by atoms with Crippen LogP contribution in [0.3, 0.4) is 0 Å². The zero-order valence-corrected chi connectivity index (χ0v) is 16.4. The summed E-state index contributed by atoms with van der Waals surface area (Å²) in [4.78, 5) is 10.2. The Kier molecular flexibility index (Phi) is 11.4. The summed E-state index contributed by atoms with van der Waals surface area (Å²) in [5.74, 6) is 1.69. The Balaban J connectivity index is 2.47. The molecule has 4 nitrogen and oxygen atoms in total. The van der Waals surface area contributed by atoms with Crippen LogP contribution in [-0.2, 0) is 16.0 Å². The lowest BCUT2D eigenvalue weighted by molar-refractivity contribution is -0.108. The molecule has 1 aromatic rings. The van der Waals surface area contributed by atoms with Crippen LogP contribution >= 0.6 is 23.2 Å². The van der Waals surface area contributed by atoms with Crippen molar-refractivity contribution in [2.24, 2.45) is 0 Å². The molecule has 0 saturated heterocycles. The summed E-state index contributed by atoms with van der Waals surface area (Å²) < 4.78 is 17.1. The first-order chi connectivity index (χ1) is 12.1. The van der Waals surface area contributed by atoms with Crippen molar-refractivity contribution in [1.29, 1.82) is 0 Å². The number of unbranched alkanes of at least 4 members (excludes halogenated alkanes) is 1. The van der Waals surface area contributed by atoms with Gasteiger partial charge in [0.25, 0.3) is 0 Å². The molecule has 0 saturated carbocycles. The summed E-state index contributed by atoms with van der Waals surface area (Å²) in [6.45, 7) is 6.20. The van der Waals surface area contributed by atoms with E-state index in [-0.39, 0.29) is 4.49 Å². The highest BCUT2D eigenvalue weighted by molar-refractivity contribution is 6.55. The molecular weight excluding hydrogens is 363 g/mol. The second-order valence-corrected chi connectivity index (χ2v) is 6.52. The molecular formula is C19H26Cl2O4. The number of carbonyl (C=O) groups is 1. The number of aldehydes is 1. The first kappa shape index (κ1) is 21.8. The van der Waals surface area contributed by atoms with Crippen LogP contribution in [0.4, 0.5) is 0 Å². The summed E-state index contributed by atoms with van der Waals surface area (Å²) >= 11 is 11.2. The van der Waals surface area contributed by atoms with Crippen molar-refractivity contribution in [3.63, 3.8) is 0 Å². The number of hydrogen-bond donors (Lipinski definition) is 0. The lowest BCUT2D eigenvalue weighted by Gasteiger charge is -2.15. The predicted molar refractivity (Wildman–Crippen MR) is 102 cm³/mol. The van der Waals surface area contributed by atoms with E-state index in [0.717, 1.165) is 48.2 Å². The monoisotopic (exact) mass is 388 g/mol. The Bertz CT molecular complexity index is 555. The number of benzene rings is 1. The minimum Gasteiger partial charge on any atom is -0.493 e. The number of aryl methyl sites for hydroxylation is 2. The molecule has 25 heavy (non-hydrogen) atoms. The maximum absolute atomic E-state index is 10.2. The van der Waals surface area contributed by atoms with E-state index in [9.17, 15) is 4.79 Å². The fourth-order valence-electron chi connectivity index (χ4n) is 2.28. The van der Waals surface area contributed by atoms with E-state index in [1.54, 1.807) is 6.08 Å². The Hall–Kier alpha value is -1.23. The van der Waals surface area contributed by atoms with E-state index >= 15 is 0 Å². The fraction of sp³-hybridized carbons (Fsp3) is 0.526. The van der Waals surface area contributed by atoms with Gasteiger partial charge in [0, 0.05) is 13.0 Å². The van der Waals surface area contributed by atoms with Gasteiger partial charge in [-0.3, -0.25) is 0 Å². The minimum atomic E-state index is 0.197. The van der Waals surface area contributed by atoms with Crippen LogP contribution in [0, 0.1) is 6.92 Å². The molecule has 0 aliphatic carbocycles. The van der Waals surface area contributed by atoms with Gasteiger partial charge < -0.3 is 19.0 Å². The third kappa shape index (κ3) is 9.15. The first-order valence-corrected chi connectivity index (χ1v) is 9.25. The molecule has 6 heteroatoms. The molecule has 0 aliphatic rings. The maximum Gasteiger partial charge on any atom is 0.125 e. The molecule has 0 aromatic heterocycles. The van der Waals surface area contributed by atoms with Gasteiger partial charge in [0.1, 0.15) is 28.9 Å². The van der Waals surface area contributed by atoms with Crippen molar-refractivity contribution in [3.8, 4) is 11.5 Å². The first-order valence-electron chi connectivity index (χ1n) is 8.50. The van der Waals surface area contributed by atoms with Gasteiger partial charge in [-0.2, -0.15) is 0 Å². The van der Waals surface area contributed by atoms with Gasteiger partial charge >= 0.3 is 0 Å². The molecule has 0 fully saturated rings. The van der Waals surface area contributed by atoms with Crippen molar-refractivity contribution < 1.29 is 19.0 Å². The van der Waals surface area contributed by atoms with E-state index in [2.05, 4.69) is 6.92 Å².